The van der Waals surface area contributed by atoms with Crippen LogP contribution in [0, 0.1) is 0 Å². The molecule has 4 nitrogen and oxygen atoms in total. The van der Waals surface area contributed by atoms with Gasteiger partial charge in [-0.3, -0.25) is 15.1 Å². The lowest BCUT2D eigenvalue weighted by Gasteiger charge is -2.18. The van der Waals surface area contributed by atoms with E-state index in [2.05, 4.69) is 31.5 Å². The average Bonchev–Trinajstić information content (AvgIpc) is 2.76. The van der Waals surface area contributed by atoms with Crippen LogP contribution in [-0.4, -0.2) is 10.9 Å². The first kappa shape index (κ1) is 13.3. The third kappa shape index (κ3) is 2.46. The molecular formula is C15H14BrN3O. The first-order valence-electron chi connectivity index (χ1n) is 6.41. The summed E-state index contributed by atoms with van der Waals surface area (Å²) in [5.74, 6) is -0.0196. The maximum atomic E-state index is 12.1. The summed E-state index contributed by atoms with van der Waals surface area (Å²) in [4.78, 5) is 16.2. The number of carbonyl (C=O) groups excluding carboxylic acids is 1. The molecule has 2 aromatic rings. The Morgan fingerprint density at radius 2 is 2.25 bits per heavy atom. The summed E-state index contributed by atoms with van der Waals surface area (Å²) in [6.45, 7) is 2.03. The van der Waals surface area contributed by atoms with Crippen molar-refractivity contribution >= 4 is 27.5 Å². The molecule has 5 heteroatoms. The van der Waals surface area contributed by atoms with Gasteiger partial charge < -0.3 is 5.32 Å². The van der Waals surface area contributed by atoms with E-state index in [1.165, 1.54) is 0 Å². The van der Waals surface area contributed by atoms with Gasteiger partial charge in [-0.2, -0.15) is 0 Å². The molecule has 0 aliphatic carbocycles. The number of pyridine rings is 1. The standard InChI is InChI=1S/C15H14BrN3O/c1-9(10-3-2-6-17-8-10)18-14-12-7-11(16)4-5-13(12)19-15(14)20/h2-9,14,18H,1H3,(H,19,20). The molecule has 1 aromatic heterocycles. The summed E-state index contributed by atoms with van der Waals surface area (Å²) in [5, 5.41) is 6.25. The Bertz CT molecular complexity index is 645. The molecule has 2 heterocycles. The van der Waals surface area contributed by atoms with Gasteiger partial charge in [0.25, 0.3) is 0 Å². The molecule has 0 saturated carbocycles. The maximum absolute atomic E-state index is 12.1. The van der Waals surface area contributed by atoms with Crippen LogP contribution in [0.1, 0.15) is 30.1 Å². The minimum Gasteiger partial charge on any atom is -0.324 e. The van der Waals surface area contributed by atoms with Crippen LogP contribution >= 0.6 is 15.9 Å². The summed E-state index contributed by atoms with van der Waals surface area (Å²) in [7, 11) is 0. The summed E-state index contributed by atoms with van der Waals surface area (Å²) in [5.41, 5.74) is 2.90. The van der Waals surface area contributed by atoms with Gasteiger partial charge in [0.05, 0.1) is 0 Å². The second kappa shape index (κ2) is 5.34. The molecular weight excluding hydrogens is 318 g/mol. The molecule has 0 saturated heterocycles. The zero-order valence-corrected chi connectivity index (χ0v) is 12.5. The lowest BCUT2D eigenvalue weighted by atomic mass is 10.1. The van der Waals surface area contributed by atoms with E-state index in [9.17, 15) is 4.79 Å². The first-order valence-corrected chi connectivity index (χ1v) is 7.21. The predicted octanol–water partition coefficient (Wildman–Crippen LogP) is 3.19. The number of carbonyl (C=O) groups is 1. The van der Waals surface area contributed by atoms with Crippen molar-refractivity contribution in [3.05, 3.63) is 58.3 Å². The van der Waals surface area contributed by atoms with Crippen LogP contribution < -0.4 is 10.6 Å². The molecule has 1 aromatic carbocycles. The highest BCUT2D eigenvalue weighted by Gasteiger charge is 2.31. The van der Waals surface area contributed by atoms with E-state index >= 15 is 0 Å². The Labute approximate surface area is 125 Å². The highest BCUT2D eigenvalue weighted by atomic mass is 79.9. The Hall–Kier alpha value is -1.72. The number of anilines is 1. The fraction of sp³-hybridized carbons (Fsp3) is 0.200. The highest BCUT2D eigenvalue weighted by molar-refractivity contribution is 9.10. The zero-order valence-electron chi connectivity index (χ0n) is 10.9. The molecule has 2 unspecified atom stereocenters. The number of aromatic nitrogens is 1. The van der Waals surface area contributed by atoms with Crippen LogP contribution in [-0.2, 0) is 4.79 Å². The number of rotatable bonds is 3. The number of nitrogens with one attached hydrogen (secondary N) is 2. The topological polar surface area (TPSA) is 54.0 Å². The van der Waals surface area contributed by atoms with E-state index in [1.54, 1.807) is 6.20 Å². The largest absolute Gasteiger partial charge is 0.324 e. The summed E-state index contributed by atoms with van der Waals surface area (Å²) < 4.78 is 0.966. The van der Waals surface area contributed by atoms with Crippen LogP contribution in [0.2, 0.25) is 0 Å². The number of nitrogens with zero attached hydrogens (tertiary/aromatic N) is 1. The van der Waals surface area contributed by atoms with Crippen molar-refractivity contribution in [1.29, 1.82) is 0 Å². The van der Waals surface area contributed by atoms with Gasteiger partial charge in [0, 0.05) is 34.2 Å². The lowest BCUT2D eigenvalue weighted by molar-refractivity contribution is -0.117. The SMILES string of the molecule is CC(NC1C(=O)Nc2ccc(Br)cc21)c1cccnc1. The van der Waals surface area contributed by atoms with Gasteiger partial charge in [-0.15, -0.1) is 0 Å². The van der Waals surface area contributed by atoms with Gasteiger partial charge in [0.1, 0.15) is 6.04 Å². The first-order chi connectivity index (χ1) is 9.65. The van der Waals surface area contributed by atoms with E-state index in [0.29, 0.717) is 0 Å². The Kier molecular flexibility index (Phi) is 3.54. The third-order valence-corrected chi connectivity index (χ3v) is 3.94. The normalized spacial score (nSPS) is 18.5. The minimum atomic E-state index is -0.335. The van der Waals surface area contributed by atoms with Gasteiger partial charge in [0.2, 0.25) is 5.91 Å². The van der Waals surface area contributed by atoms with Crippen molar-refractivity contribution in [2.24, 2.45) is 0 Å². The molecule has 0 spiro atoms. The quantitative estimate of drug-likeness (QED) is 0.908. The van der Waals surface area contributed by atoms with E-state index in [1.807, 2.05) is 43.5 Å². The Morgan fingerprint density at radius 3 is 3.00 bits per heavy atom. The van der Waals surface area contributed by atoms with Gasteiger partial charge in [-0.25, -0.2) is 0 Å². The molecule has 20 heavy (non-hydrogen) atoms. The maximum Gasteiger partial charge on any atom is 0.246 e. The van der Waals surface area contributed by atoms with Crippen molar-refractivity contribution in [3.63, 3.8) is 0 Å². The molecule has 2 N–H and O–H groups in total. The average molecular weight is 332 g/mol. The van der Waals surface area contributed by atoms with Gasteiger partial charge in [-0.1, -0.05) is 22.0 Å². The summed E-state index contributed by atoms with van der Waals surface area (Å²) >= 11 is 3.45. The van der Waals surface area contributed by atoms with Crippen LogP contribution in [0.15, 0.2) is 47.2 Å². The van der Waals surface area contributed by atoms with Crippen molar-refractivity contribution in [1.82, 2.24) is 10.3 Å². The Balaban J connectivity index is 1.85. The summed E-state index contributed by atoms with van der Waals surface area (Å²) in [6, 6.07) is 9.41. The van der Waals surface area contributed by atoms with E-state index in [0.717, 1.165) is 21.3 Å². The second-order valence-corrected chi connectivity index (χ2v) is 5.74. The fourth-order valence-electron chi connectivity index (χ4n) is 2.38. The van der Waals surface area contributed by atoms with E-state index < -0.39 is 0 Å². The molecule has 1 amide bonds. The van der Waals surface area contributed by atoms with Gasteiger partial charge in [0.15, 0.2) is 0 Å². The molecule has 0 bridgehead atoms. The highest BCUT2D eigenvalue weighted by Crippen LogP contribution is 2.34. The lowest BCUT2D eigenvalue weighted by Crippen LogP contribution is -2.29. The number of benzene rings is 1. The van der Waals surface area contributed by atoms with Crippen molar-refractivity contribution in [3.8, 4) is 0 Å². The van der Waals surface area contributed by atoms with Crippen molar-refractivity contribution < 1.29 is 4.79 Å². The van der Waals surface area contributed by atoms with Crippen molar-refractivity contribution in [2.45, 2.75) is 19.0 Å². The Morgan fingerprint density at radius 1 is 1.40 bits per heavy atom. The third-order valence-electron chi connectivity index (χ3n) is 3.45. The minimum absolute atomic E-state index is 0.0196. The number of halogens is 1. The predicted molar refractivity (Wildman–Crippen MR) is 81.3 cm³/mol. The number of fused-ring (bicyclic) bond motifs is 1. The second-order valence-electron chi connectivity index (χ2n) is 4.83. The number of hydrogen-bond acceptors (Lipinski definition) is 3. The van der Waals surface area contributed by atoms with Crippen LogP contribution in [0.25, 0.3) is 0 Å². The van der Waals surface area contributed by atoms with Gasteiger partial charge >= 0.3 is 0 Å². The van der Waals surface area contributed by atoms with Crippen LogP contribution in [0.3, 0.4) is 0 Å². The molecule has 102 valence electrons. The molecule has 0 radical (unpaired) electrons. The van der Waals surface area contributed by atoms with Crippen LogP contribution in [0.5, 0.6) is 0 Å². The van der Waals surface area contributed by atoms with Crippen LogP contribution in [0.4, 0.5) is 5.69 Å². The van der Waals surface area contributed by atoms with Gasteiger partial charge in [-0.05, 0) is 36.8 Å². The number of amides is 1. The molecule has 2 atom stereocenters. The van der Waals surface area contributed by atoms with E-state index in [4.69, 9.17) is 0 Å². The monoisotopic (exact) mass is 331 g/mol. The van der Waals surface area contributed by atoms with Crippen molar-refractivity contribution in [2.75, 3.05) is 5.32 Å². The van der Waals surface area contributed by atoms with E-state index in [-0.39, 0.29) is 18.0 Å². The number of hydrogen-bond donors (Lipinski definition) is 2. The molecule has 1 aliphatic heterocycles. The molecule has 1 aliphatic rings. The zero-order chi connectivity index (χ0) is 14.1. The summed E-state index contributed by atoms with van der Waals surface area (Å²) in [6.07, 6.45) is 3.55. The smallest absolute Gasteiger partial charge is 0.246 e. The molecule has 3 rings (SSSR count). The fourth-order valence-corrected chi connectivity index (χ4v) is 2.75. The molecule has 0 fully saturated rings.